The van der Waals surface area contributed by atoms with Gasteiger partial charge in [0.25, 0.3) is 0 Å². The van der Waals surface area contributed by atoms with Crippen molar-refractivity contribution in [3.63, 3.8) is 0 Å². The summed E-state index contributed by atoms with van der Waals surface area (Å²) in [6, 6.07) is 5.89. The summed E-state index contributed by atoms with van der Waals surface area (Å²) in [6.07, 6.45) is 0.662. The molecule has 0 unspecified atom stereocenters. The summed E-state index contributed by atoms with van der Waals surface area (Å²) in [5.41, 5.74) is 2.04. The molecule has 0 saturated heterocycles. The molecule has 68 valence electrons. The highest BCUT2D eigenvalue weighted by molar-refractivity contribution is 9.10. The summed E-state index contributed by atoms with van der Waals surface area (Å²) >= 11 is 3.39. The zero-order valence-electron chi connectivity index (χ0n) is 6.92. The van der Waals surface area contributed by atoms with E-state index in [4.69, 9.17) is 5.11 Å². The van der Waals surface area contributed by atoms with E-state index < -0.39 is 0 Å². The number of aromatic amines is 1. The van der Waals surface area contributed by atoms with E-state index >= 15 is 0 Å². The topological polar surface area (TPSA) is 48.9 Å². The number of H-pyrrole nitrogens is 1. The number of aliphatic hydroxyl groups excluding tert-OH is 1. The minimum absolute atomic E-state index is 0.163. The molecule has 0 bridgehead atoms. The predicted octanol–water partition coefficient (Wildman–Crippen LogP) is 1.86. The molecule has 1 aromatic carbocycles. The number of hydrogen-bond donors (Lipinski definition) is 2. The predicted molar refractivity (Wildman–Crippen MR) is 54.6 cm³/mol. The highest BCUT2D eigenvalue weighted by Gasteiger charge is 2.06. The molecule has 2 N–H and O–H groups in total. The first-order chi connectivity index (χ1) is 6.33. The van der Waals surface area contributed by atoms with Gasteiger partial charge in [0.1, 0.15) is 4.60 Å². The van der Waals surface area contributed by atoms with Gasteiger partial charge in [-0.25, -0.2) is 0 Å². The second-order valence-corrected chi connectivity index (χ2v) is 3.62. The normalized spacial score (nSPS) is 10.9. The molecular formula is C9H9BrN2O. The van der Waals surface area contributed by atoms with E-state index in [0.717, 1.165) is 21.1 Å². The van der Waals surface area contributed by atoms with Crippen molar-refractivity contribution in [3.8, 4) is 0 Å². The van der Waals surface area contributed by atoms with Crippen LogP contribution in [0.2, 0.25) is 0 Å². The maximum atomic E-state index is 8.86. The number of halogens is 1. The third kappa shape index (κ3) is 1.47. The van der Waals surface area contributed by atoms with Crippen molar-refractivity contribution >= 4 is 26.8 Å². The van der Waals surface area contributed by atoms with E-state index in [1.807, 2.05) is 18.2 Å². The molecule has 0 amide bonds. The van der Waals surface area contributed by atoms with Crippen molar-refractivity contribution < 1.29 is 5.11 Å². The average Bonchev–Trinajstić information content (AvgIpc) is 2.50. The standard InChI is InChI=1S/C9H9BrN2O/c10-9-8-6(4-5-13)2-1-3-7(8)11-12-9/h1-3,13H,4-5H2,(H,11,12). The van der Waals surface area contributed by atoms with Gasteiger partial charge in [-0.15, -0.1) is 0 Å². The second-order valence-electron chi connectivity index (χ2n) is 2.82. The molecule has 0 atom stereocenters. The van der Waals surface area contributed by atoms with Gasteiger partial charge in [-0.05, 0) is 34.0 Å². The molecule has 0 aliphatic carbocycles. The lowest BCUT2D eigenvalue weighted by Crippen LogP contribution is -1.90. The van der Waals surface area contributed by atoms with Crippen LogP contribution in [0.25, 0.3) is 10.9 Å². The number of aliphatic hydroxyl groups is 1. The van der Waals surface area contributed by atoms with Crippen LogP contribution in [0.5, 0.6) is 0 Å². The number of nitrogens with zero attached hydrogens (tertiary/aromatic N) is 1. The summed E-state index contributed by atoms with van der Waals surface area (Å²) in [5.74, 6) is 0. The van der Waals surface area contributed by atoms with E-state index in [9.17, 15) is 0 Å². The molecule has 1 aromatic heterocycles. The molecule has 2 rings (SSSR count). The van der Waals surface area contributed by atoms with Crippen molar-refractivity contribution in [2.45, 2.75) is 6.42 Å². The molecule has 0 aliphatic rings. The first-order valence-corrected chi connectivity index (χ1v) is 4.84. The molecule has 0 aliphatic heterocycles. The van der Waals surface area contributed by atoms with Gasteiger partial charge < -0.3 is 5.11 Å². The quantitative estimate of drug-likeness (QED) is 0.843. The van der Waals surface area contributed by atoms with Crippen LogP contribution in [0.3, 0.4) is 0 Å². The minimum Gasteiger partial charge on any atom is -0.396 e. The second kappa shape index (κ2) is 3.47. The van der Waals surface area contributed by atoms with Gasteiger partial charge in [-0.3, -0.25) is 5.10 Å². The van der Waals surface area contributed by atoms with E-state index in [1.54, 1.807) is 0 Å². The number of rotatable bonds is 2. The maximum absolute atomic E-state index is 8.86. The monoisotopic (exact) mass is 240 g/mol. The molecule has 0 radical (unpaired) electrons. The maximum Gasteiger partial charge on any atom is 0.109 e. The summed E-state index contributed by atoms with van der Waals surface area (Å²) < 4.78 is 0.881. The average molecular weight is 241 g/mol. The van der Waals surface area contributed by atoms with Crippen LogP contribution in [0.15, 0.2) is 22.8 Å². The fourth-order valence-electron chi connectivity index (χ4n) is 1.43. The minimum atomic E-state index is 0.163. The van der Waals surface area contributed by atoms with Crippen LogP contribution >= 0.6 is 15.9 Å². The van der Waals surface area contributed by atoms with E-state index in [2.05, 4.69) is 26.1 Å². The Balaban J connectivity index is 2.65. The van der Waals surface area contributed by atoms with Crippen LogP contribution in [0.1, 0.15) is 5.56 Å². The third-order valence-electron chi connectivity index (χ3n) is 2.00. The zero-order valence-corrected chi connectivity index (χ0v) is 8.50. The summed E-state index contributed by atoms with van der Waals surface area (Å²) in [4.78, 5) is 0. The van der Waals surface area contributed by atoms with Gasteiger partial charge in [-0.2, -0.15) is 5.10 Å². The molecule has 0 spiro atoms. The summed E-state index contributed by atoms with van der Waals surface area (Å²) in [5, 5.41) is 16.9. The lowest BCUT2D eigenvalue weighted by atomic mass is 10.1. The summed E-state index contributed by atoms with van der Waals surface area (Å²) in [7, 11) is 0. The number of aromatic nitrogens is 2. The van der Waals surface area contributed by atoms with Gasteiger partial charge in [0.2, 0.25) is 0 Å². The molecule has 0 saturated carbocycles. The number of hydrogen-bond acceptors (Lipinski definition) is 2. The molecule has 1 heterocycles. The van der Waals surface area contributed by atoms with Crippen molar-refractivity contribution in [1.29, 1.82) is 0 Å². The number of nitrogens with one attached hydrogen (secondary N) is 1. The SMILES string of the molecule is OCCc1cccc2n[nH]c(Br)c12. The van der Waals surface area contributed by atoms with E-state index in [-0.39, 0.29) is 6.61 Å². The largest absolute Gasteiger partial charge is 0.396 e. The Morgan fingerprint density at radius 1 is 1.46 bits per heavy atom. The first-order valence-electron chi connectivity index (χ1n) is 4.05. The molecule has 13 heavy (non-hydrogen) atoms. The van der Waals surface area contributed by atoms with Gasteiger partial charge in [0, 0.05) is 12.0 Å². The van der Waals surface area contributed by atoms with Crippen LogP contribution < -0.4 is 0 Å². The Labute approximate surface area is 83.9 Å². The zero-order chi connectivity index (χ0) is 9.26. The smallest absolute Gasteiger partial charge is 0.109 e. The van der Waals surface area contributed by atoms with Crippen molar-refractivity contribution in [2.24, 2.45) is 0 Å². The molecular weight excluding hydrogens is 232 g/mol. The highest BCUT2D eigenvalue weighted by Crippen LogP contribution is 2.24. The Kier molecular flexibility index (Phi) is 2.33. The van der Waals surface area contributed by atoms with Crippen molar-refractivity contribution in [1.82, 2.24) is 10.2 Å². The van der Waals surface area contributed by atoms with Crippen LogP contribution in [-0.2, 0) is 6.42 Å². The van der Waals surface area contributed by atoms with Gasteiger partial charge >= 0.3 is 0 Å². The van der Waals surface area contributed by atoms with Crippen LogP contribution in [-0.4, -0.2) is 21.9 Å². The van der Waals surface area contributed by atoms with E-state index in [0.29, 0.717) is 6.42 Å². The molecule has 0 fully saturated rings. The Morgan fingerprint density at radius 3 is 3.08 bits per heavy atom. The fourth-order valence-corrected chi connectivity index (χ4v) is 1.97. The van der Waals surface area contributed by atoms with Crippen LogP contribution in [0.4, 0.5) is 0 Å². The lowest BCUT2D eigenvalue weighted by molar-refractivity contribution is 0.300. The highest BCUT2D eigenvalue weighted by atomic mass is 79.9. The number of fused-ring (bicyclic) bond motifs is 1. The third-order valence-corrected chi connectivity index (χ3v) is 2.58. The molecule has 3 nitrogen and oxygen atoms in total. The Bertz CT molecular complexity index is 424. The van der Waals surface area contributed by atoms with Gasteiger partial charge in [-0.1, -0.05) is 12.1 Å². The van der Waals surface area contributed by atoms with Crippen molar-refractivity contribution in [2.75, 3.05) is 6.61 Å². The number of benzene rings is 1. The lowest BCUT2D eigenvalue weighted by Gasteiger charge is -1.99. The van der Waals surface area contributed by atoms with E-state index in [1.165, 1.54) is 0 Å². The Hall–Kier alpha value is -0.870. The first kappa shape index (κ1) is 8.72. The van der Waals surface area contributed by atoms with Crippen LogP contribution in [0, 0.1) is 0 Å². The Morgan fingerprint density at radius 2 is 2.31 bits per heavy atom. The fraction of sp³-hybridized carbons (Fsp3) is 0.222. The van der Waals surface area contributed by atoms with Gasteiger partial charge in [0.15, 0.2) is 0 Å². The molecule has 4 heteroatoms. The van der Waals surface area contributed by atoms with Crippen molar-refractivity contribution in [3.05, 3.63) is 28.4 Å². The van der Waals surface area contributed by atoms with Gasteiger partial charge in [0.05, 0.1) is 5.52 Å². The summed E-state index contributed by atoms with van der Waals surface area (Å²) in [6.45, 7) is 0.163. The molecule has 2 aromatic rings.